The molecule has 1 spiro atoms. The highest BCUT2D eigenvalue weighted by molar-refractivity contribution is 5.82. The number of nitrogens with zero attached hydrogens (tertiary/aromatic N) is 2. The van der Waals surface area contributed by atoms with Gasteiger partial charge in [0.1, 0.15) is 5.75 Å². The number of aryl methyl sites for hydroxylation is 1. The van der Waals surface area contributed by atoms with E-state index in [1.165, 1.54) is 11.1 Å². The van der Waals surface area contributed by atoms with Crippen molar-refractivity contribution in [1.82, 2.24) is 4.90 Å². The number of rotatable bonds is 3. The van der Waals surface area contributed by atoms with Crippen LogP contribution in [0.4, 0.5) is 0 Å². The van der Waals surface area contributed by atoms with Gasteiger partial charge in [0, 0.05) is 6.54 Å². The molecule has 2 N–H and O–H groups in total. The van der Waals surface area contributed by atoms with Gasteiger partial charge in [-0.2, -0.15) is 0 Å². The lowest BCUT2D eigenvalue weighted by Gasteiger charge is -2.36. The molecule has 2 aliphatic rings. The van der Waals surface area contributed by atoms with E-state index in [1.807, 2.05) is 12.1 Å². The van der Waals surface area contributed by atoms with Crippen molar-refractivity contribution in [3.05, 3.63) is 42.0 Å². The Balaban J connectivity index is 2.07. The van der Waals surface area contributed by atoms with Gasteiger partial charge in [-0.1, -0.05) is 12.1 Å². The second-order valence-corrected chi connectivity index (χ2v) is 5.13. The highest BCUT2D eigenvalue weighted by Crippen LogP contribution is 2.45. The fraction of sp³-hybridized carbons (Fsp3) is 0.400. The number of aliphatic imine (C=N–C) groups is 1. The van der Waals surface area contributed by atoms with Crippen LogP contribution in [-0.4, -0.2) is 31.1 Å². The van der Waals surface area contributed by atoms with Gasteiger partial charge >= 0.3 is 0 Å². The molecule has 0 saturated carbocycles. The second-order valence-electron chi connectivity index (χ2n) is 5.13. The molecular formula is C15H19N3O. The molecule has 4 nitrogen and oxygen atoms in total. The van der Waals surface area contributed by atoms with Gasteiger partial charge in [0.2, 0.25) is 0 Å². The molecule has 0 saturated heterocycles. The Morgan fingerprint density at radius 2 is 2.42 bits per heavy atom. The molecule has 100 valence electrons. The van der Waals surface area contributed by atoms with Crippen molar-refractivity contribution in [2.45, 2.75) is 18.4 Å². The molecular weight excluding hydrogens is 238 g/mol. The third kappa shape index (κ3) is 1.63. The summed E-state index contributed by atoms with van der Waals surface area (Å²) in [7, 11) is 1.70. The van der Waals surface area contributed by atoms with E-state index < -0.39 is 0 Å². The Bertz CT molecular complexity index is 552. The van der Waals surface area contributed by atoms with Gasteiger partial charge in [0.15, 0.2) is 5.96 Å². The third-order valence-electron chi connectivity index (χ3n) is 4.23. The van der Waals surface area contributed by atoms with Crippen LogP contribution in [0.15, 0.2) is 35.8 Å². The molecule has 1 unspecified atom stereocenters. The minimum atomic E-state index is -0.0951. The Morgan fingerprint density at radius 1 is 1.58 bits per heavy atom. The molecule has 1 aromatic rings. The van der Waals surface area contributed by atoms with Gasteiger partial charge in [-0.15, -0.1) is 6.58 Å². The summed E-state index contributed by atoms with van der Waals surface area (Å²) < 4.78 is 5.36. The van der Waals surface area contributed by atoms with Crippen molar-refractivity contribution in [3.63, 3.8) is 0 Å². The summed E-state index contributed by atoms with van der Waals surface area (Å²) in [5.74, 6) is 1.51. The fourth-order valence-electron chi connectivity index (χ4n) is 3.25. The molecule has 1 aliphatic carbocycles. The largest absolute Gasteiger partial charge is 0.497 e. The molecule has 0 fully saturated rings. The zero-order valence-electron chi connectivity index (χ0n) is 11.2. The van der Waals surface area contributed by atoms with E-state index in [9.17, 15) is 0 Å². The normalized spacial score (nSPS) is 24.5. The van der Waals surface area contributed by atoms with Crippen LogP contribution in [-0.2, 0) is 12.0 Å². The highest BCUT2D eigenvalue weighted by Gasteiger charge is 2.47. The minimum absolute atomic E-state index is 0.0951. The van der Waals surface area contributed by atoms with Crippen LogP contribution in [0.25, 0.3) is 0 Å². The summed E-state index contributed by atoms with van der Waals surface area (Å²) in [5, 5.41) is 0. The summed E-state index contributed by atoms with van der Waals surface area (Å²) in [5.41, 5.74) is 8.63. The lowest BCUT2D eigenvalue weighted by molar-refractivity contribution is 0.218. The number of hydrogen-bond acceptors (Lipinski definition) is 4. The number of nitrogens with two attached hydrogens (primary N) is 1. The number of benzene rings is 1. The van der Waals surface area contributed by atoms with Crippen LogP contribution < -0.4 is 10.5 Å². The van der Waals surface area contributed by atoms with E-state index >= 15 is 0 Å². The zero-order valence-corrected chi connectivity index (χ0v) is 11.2. The summed E-state index contributed by atoms with van der Waals surface area (Å²) in [6.45, 7) is 5.28. The van der Waals surface area contributed by atoms with Gasteiger partial charge in [-0.05, 0) is 36.1 Å². The second kappa shape index (κ2) is 4.30. The molecule has 1 aliphatic heterocycles. The number of fused-ring (bicyclic) bond motifs is 2. The first kappa shape index (κ1) is 12.1. The van der Waals surface area contributed by atoms with E-state index in [0.29, 0.717) is 5.96 Å². The number of methoxy groups -OCH3 is 1. The van der Waals surface area contributed by atoms with Gasteiger partial charge < -0.3 is 15.4 Å². The summed E-state index contributed by atoms with van der Waals surface area (Å²) in [4.78, 5) is 6.63. The monoisotopic (exact) mass is 257 g/mol. The lowest BCUT2D eigenvalue weighted by Crippen LogP contribution is -2.48. The van der Waals surface area contributed by atoms with Gasteiger partial charge in [-0.25, -0.2) is 0 Å². The quantitative estimate of drug-likeness (QED) is 0.838. The summed E-state index contributed by atoms with van der Waals surface area (Å²) in [6.07, 6.45) is 4.00. The molecule has 0 radical (unpaired) electrons. The lowest BCUT2D eigenvalue weighted by atomic mass is 9.90. The number of ether oxygens (including phenoxy) is 1. The van der Waals surface area contributed by atoms with Crippen LogP contribution >= 0.6 is 0 Å². The van der Waals surface area contributed by atoms with Crippen LogP contribution in [0.3, 0.4) is 0 Å². The van der Waals surface area contributed by atoms with Crippen molar-refractivity contribution in [1.29, 1.82) is 0 Å². The molecule has 1 heterocycles. The Morgan fingerprint density at radius 3 is 3.16 bits per heavy atom. The van der Waals surface area contributed by atoms with Crippen molar-refractivity contribution in [3.8, 4) is 5.75 Å². The van der Waals surface area contributed by atoms with E-state index in [-0.39, 0.29) is 5.54 Å². The van der Waals surface area contributed by atoms with E-state index in [4.69, 9.17) is 10.5 Å². The van der Waals surface area contributed by atoms with Gasteiger partial charge in [0.25, 0.3) is 0 Å². The number of guanidine groups is 1. The smallest absolute Gasteiger partial charge is 0.192 e. The van der Waals surface area contributed by atoms with Gasteiger partial charge in [0.05, 0.1) is 19.2 Å². The average Bonchev–Trinajstić information content (AvgIpc) is 2.95. The highest BCUT2D eigenvalue weighted by atomic mass is 16.5. The van der Waals surface area contributed by atoms with E-state index in [1.54, 1.807) is 7.11 Å². The van der Waals surface area contributed by atoms with Crippen LogP contribution in [0.2, 0.25) is 0 Å². The van der Waals surface area contributed by atoms with Crippen molar-refractivity contribution < 1.29 is 4.74 Å². The maximum Gasteiger partial charge on any atom is 0.192 e. The first-order valence-corrected chi connectivity index (χ1v) is 6.57. The maximum atomic E-state index is 6.04. The predicted octanol–water partition coefficient (Wildman–Crippen LogP) is 1.65. The molecule has 19 heavy (non-hydrogen) atoms. The van der Waals surface area contributed by atoms with Crippen LogP contribution in [0.5, 0.6) is 5.75 Å². The van der Waals surface area contributed by atoms with Crippen LogP contribution in [0.1, 0.15) is 17.5 Å². The zero-order chi connectivity index (χ0) is 13.5. The molecule has 0 bridgehead atoms. The Hall–Kier alpha value is -1.97. The standard InChI is InChI=1S/C15H19N3O/c1-3-8-18-14(16)17-10-15(18)7-6-11-4-5-12(19-2)9-13(11)15/h3-5,9H,1,6-8,10H2,2H3,(H2,16,17). The summed E-state index contributed by atoms with van der Waals surface area (Å²) >= 11 is 0. The first-order valence-electron chi connectivity index (χ1n) is 6.57. The fourth-order valence-corrected chi connectivity index (χ4v) is 3.25. The topological polar surface area (TPSA) is 50.8 Å². The van der Waals surface area contributed by atoms with Crippen molar-refractivity contribution in [2.75, 3.05) is 20.2 Å². The first-order chi connectivity index (χ1) is 9.21. The van der Waals surface area contributed by atoms with Crippen molar-refractivity contribution >= 4 is 5.96 Å². The molecule has 1 atom stereocenters. The SMILES string of the molecule is C=CCN1C(N)=NCC12CCc1ccc(OC)cc12. The van der Waals surface area contributed by atoms with E-state index in [0.717, 1.165) is 31.7 Å². The molecule has 0 amide bonds. The van der Waals surface area contributed by atoms with E-state index in [2.05, 4.69) is 28.6 Å². The molecule has 1 aromatic carbocycles. The van der Waals surface area contributed by atoms with Gasteiger partial charge in [-0.3, -0.25) is 4.99 Å². The predicted molar refractivity (Wildman–Crippen MR) is 76.4 cm³/mol. The Labute approximate surface area is 113 Å². The number of hydrogen-bond donors (Lipinski definition) is 1. The average molecular weight is 257 g/mol. The summed E-state index contributed by atoms with van der Waals surface area (Å²) in [6, 6.07) is 6.31. The molecule has 0 aromatic heterocycles. The van der Waals surface area contributed by atoms with Crippen molar-refractivity contribution in [2.24, 2.45) is 10.7 Å². The maximum absolute atomic E-state index is 6.04. The molecule has 3 rings (SSSR count). The minimum Gasteiger partial charge on any atom is -0.497 e. The third-order valence-corrected chi connectivity index (χ3v) is 4.23. The van der Waals surface area contributed by atoms with Crippen LogP contribution in [0, 0.1) is 0 Å². The Kier molecular flexibility index (Phi) is 2.73. The molecule has 4 heteroatoms.